The predicted molar refractivity (Wildman–Crippen MR) is 277 cm³/mol. The Morgan fingerprint density at radius 1 is 0.379 bits per heavy atom. The summed E-state index contributed by atoms with van der Waals surface area (Å²) in [6.07, 6.45) is 0. The molecule has 66 heavy (non-hydrogen) atoms. The van der Waals surface area contributed by atoms with Crippen LogP contribution in [0.1, 0.15) is 25.0 Å². The number of benzene rings is 10. The molecule has 312 valence electrons. The number of hydrogen-bond donors (Lipinski definition) is 0. The number of nitrogens with zero attached hydrogens (tertiary/aromatic N) is 2. The van der Waals surface area contributed by atoms with Gasteiger partial charge in [-0.2, -0.15) is 0 Å². The first-order valence-electron chi connectivity index (χ1n) is 22.8. The van der Waals surface area contributed by atoms with Crippen LogP contribution < -0.4 is 4.90 Å². The number of anilines is 3. The highest BCUT2D eigenvalue weighted by Gasteiger charge is 2.36. The quantitative estimate of drug-likeness (QED) is 0.159. The van der Waals surface area contributed by atoms with Crippen LogP contribution in [-0.2, 0) is 5.41 Å². The maximum atomic E-state index is 6.26. The Balaban J connectivity index is 0.891. The third-order valence-corrected chi connectivity index (χ3v) is 14.0. The maximum absolute atomic E-state index is 6.26. The van der Waals surface area contributed by atoms with Crippen LogP contribution in [0.3, 0.4) is 0 Å². The van der Waals surface area contributed by atoms with Gasteiger partial charge < -0.3 is 13.9 Å². The lowest BCUT2D eigenvalue weighted by Gasteiger charge is -2.28. The molecule has 2 heterocycles. The molecule has 3 heteroatoms. The van der Waals surface area contributed by atoms with Gasteiger partial charge in [0.05, 0.1) is 16.7 Å². The normalized spacial score (nSPS) is 12.8. The molecule has 0 N–H and O–H groups in total. The zero-order valence-electron chi connectivity index (χ0n) is 36.7. The zero-order valence-corrected chi connectivity index (χ0v) is 36.7. The molecule has 1 aliphatic carbocycles. The van der Waals surface area contributed by atoms with Crippen LogP contribution in [0.15, 0.2) is 235 Å². The molecule has 1 aliphatic rings. The van der Waals surface area contributed by atoms with Crippen molar-refractivity contribution in [1.29, 1.82) is 0 Å². The fraction of sp³-hybridized carbons (Fsp3) is 0.0476. The number of hydrogen-bond acceptors (Lipinski definition) is 2. The molecule has 10 aromatic carbocycles. The second kappa shape index (κ2) is 14.8. The van der Waals surface area contributed by atoms with Gasteiger partial charge in [0, 0.05) is 49.6 Å². The van der Waals surface area contributed by atoms with Crippen LogP contribution >= 0.6 is 0 Å². The van der Waals surface area contributed by atoms with Gasteiger partial charge in [0.1, 0.15) is 11.2 Å². The van der Waals surface area contributed by atoms with E-state index in [9.17, 15) is 0 Å². The Morgan fingerprint density at radius 2 is 1.00 bits per heavy atom. The van der Waals surface area contributed by atoms with Crippen molar-refractivity contribution in [2.24, 2.45) is 0 Å². The van der Waals surface area contributed by atoms with Gasteiger partial charge in [0.2, 0.25) is 0 Å². The largest absolute Gasteiger partial charge is 0.456 e. The Kier molecular flexibility index (Phi) is 8.56. The molecule has 0 unspecified atom stereocenters. The summed E-state index contributed by atoms with van der Waals surface area (Å²) in [4.78, 5) is 2.38. The van der Waals surface area contributed by atoms with Crippen molar-refractivity contribution in [3.05, 3.63) is 242 Å². The fourth-order valence-corrected chi connectivity index (χ4v) is 10.8. The van der Waals surface area contributed by atoms with Gasteiger partial charge in [-0.3, -0.25) is 0 Å². The number of fused-ring (bicyclic) bond motifs is 9. The third kappa shape index (κ3) is 5.90. The smallest absolute Gasteiger partial charge is 0.136 e. The van der Waals surface area contributed by atoms with Crippen LogP contribution in [0, 0.1) is 0 Å². The van der Waals surface area contributed by atoms with Crippen LogP contribution in [0.5, 0.6) is 0 Å². The van der Waals surface area contributed by atoms with E-state index in [4.69, 9.17) is 4.42 Å². The SMILES string of the molecule is CC1(C)c2ccc(-c3ccccc3N(c3ccccc3)c3ccc(-c4ccc5c(c4)oc4ccccc45)cc3)cc2-c2ccc(-c3cccc4c3c3ccccc3n4-c3ccccc3)cc21. The minimum absolute atomic E-state index is 0.183. The van der Waals surface area contributed by atoms with Crippen molar-refractivity contribution in [3.63, 3.8) is 0 Å². The van der Waals surface area contributed by atoms with Gasteiger partial charge in [-0.1, -0.05) is 159 Å². The summed E-state index contributed by atoms with van der Waals surface area (Å²) in [5.74, 6) is 0. The minimum Gasteiger partial charge on any atom is -0.456 e. The van der Waals surface area contributed by atoms with Crippen molar-refractivity contribution in [2.75, 3.05) is 4.90 Å². The highest BCUT2D eigenvalue weighted by atomic mass is 16.3. The van der Waals surface area contributed by atoms with Gasteiger partial charge in [-0.05, 0) is 135 Å². The monoisotopic (exact) mass is 844 g/mol. The standard InChI is InChI=1S/C63H44N2O/c1-63(2)55-37-32-43(38-54(55)50-35-31-44(39-56(50)63)49-23-15-26-59-62(49)53-22-10-13-25-58(53)65(59)46-18-7-4-8-19-46)48-20-9-12-24-57(48)64(45-16-5-3-6-17-45)47-33-28-41(29-34-47)42-30-36-52-51-21-11-14-27-60(51)66-61(52)40-42/h3-40H,1-2H3. The molecule has 2 aromatic heterocycles. The first-order chi connectivity index (χ1) is 32.5. The number of furan rings is 1. The molecule has 0 atom stereocenters. The van der Waals surface area contributed by atoms with E-state index >= 15 is 0 Å². The van der Waals surface area contributed by atoms with Gasteiger partial charge in [0.15, 0.2) is 0 Å². The van der Waals surface area contributed by atoms with Crippen molar-refractivity contribution in [2.45, 2.75) is 19.3 Å². The highest BCUT2D eigenvalue weighted by molar-refractivity contribution is 6.16. The summed E-state index contributed by atoms with van der Waals surface area (Å²) in [7, 11) is 0. The molecule has 0 saturated carbocycles. The van der Waals surface area contributed by atoms with Crippen LogP contribution in [0.2, 0.25) is 0 Å². The van der Waals surface area contributed by atoms with E-state index in [0.29, 0.717) is 0 Å². The van der Waals surface area contributed by atoms with Crippen LogP contribution in [0.25, 0.3) is 93.9 Å². The van der Waals surface area contributed by atoms with E-state index in [1.807, 2.05) is 12.1 Å². The molecule has 0 bridgehead atoms. The second-order valence-corrected chi connectivity index (χ2v) is 18.1. The summed E-state index contributed by atoms with van der Waals surface area (Å²) in [5, 5.41) is 4.83. The Labute approximate surface area is 384 Å². The molecule has 12 aromatic rings. The Hall–Kier alpha value is -8.40. The molecule has 0 fully saturated rings. The molecular formula is C63H44N2O. The molecule has 0 saturated heterocycles. The van der Waals surface area contributed by atoms with Gasteiger partial charge in [-0.25, -0.2) is 0 Å². The minimum atomic E-state index is -0.183. The summed E-state index contributed by atoms with van der Waals surface area (Å²) < 4.78 is 8.66. The number of rotatable bonds is 7. The zero-order chi connectivity index (χ0) is 43.9. The van der Waals surface area contributed by atoms with E-state index in [1.54, 1.807) is 0 Å². The Bertz CT molecular complexity index is 3840. The van der Waals surface area contributed by atoms with E-state index < -0.39 is 0 Å². The van der Waals surface area contributed by atoms with Crippen molar-refractivity contribution >= 4 is 60.8 Å². The molecule has 0 spiro atoms. The van der Waals surface area contributed by atoms with E-state index in [2.05, 4.69) is 242 Å². The molecular weight excluding hydrogens is 801 g/mol. The maximum Gasteiger partial charge on any atom is 0.136 e. The van der Waals surface area contributed by atoms with Crippen molar-refractivity contribution < 1.29 is 4.42 Å². The third-order valence-electron chi connectivity index (χ3n) is 14.0. The average molecular weight is 845 g/mol. The molecule has 0 aliphatic heterocycles. The molecule has 0 radical (unpaired) electrons. The summed E-state index contributed by atoms with van der Waals surface area (Å²) in [6.45, 7) is 4.76. The second-order valence-electron chi connectivity index (χ2n) is 18.1. The van der Waals surface area contributed by atoms with Crippen molar-refractivity contribution in [1.82, 2.24) is 4.57 Å². The molecule has 3 nitrogen and oxygen atoms in total. The van der Waals surface area contributed by atoms with E-state index in [1.165, 1.54) is 72.0 Å². The fourth-order valence-electron chi connectivity index (χ4n) is 10.8. The summed E-state index contributed by atoms with van der Waals surface area (Å²) >= 11 is 0. The summed E-state index contributed by atoms with van der Waals surface area (Å²) in [5.41, 5.74) is 21.0. The first kappa shape index (κ1) is 38.1. The first-order valence-corrected chi connectivity index (χ1v) is 22.8. The molecule has 13 rings (SSSR count). The van der Waals surface area contributed by atoms with Crippen LogP contribution in [0.4, 0.5) is 17.1 Å². The lowest BCUT2D eigenvalue weighted by molar-refractivity contribution is 0.660. The Morgan fingerprint density at radius 3 is 1.85 bits per heavy atom. The van der Waals surface area contributed by atoms with Crippen molar-refractivity contribution in [3.8, 4) is 50.2 Å². The van der Waals surface area contributed by atoms with Crippen LogP contribution in [-0.4, -0.2) is 4.57 Å². The average Bonchev–Trinajstić information content (AvgIpc) is 3.99. The molecule has 0 amide bonds. The lowest BCUT2D eigenvalue weighted by Crippen LogP contribution is -2.15. The highest BCUT2D eigenvalue weighted by Crippen LogP contribution is 2.52. The number of para-hydroxylation sites is 5. The summed E-state index contributed by atoms with van der Waals surface area (Å²) in [6, 6.07) is 83.8. The lowest BCUT2D eigenvalue weighted by atomic mass is 9.81. The van der Waals surface area contributed by atoms with Gasteiger partial charge in [0.25, 0.3) is 0 Å². The number of aromatic nitrogens is 1. The topological polar surface area (TPSA) is 21.3 Å². The van der Waals surface area contributed by atoms with Gasteiger partial charge in [-0.15, -0.1) is 0 Å². The van der Waals surface area contributed by atoms with E-state index in [-0.39, 0.29) is 5.41 Å². The van der Waals surface area contributed by atoms with Gasteiger partial charge >= 0.3 is 0 Å². The van der Waals surface area contributed by atoms with E-state index in [0.717, 1.165) is 50.1 Å². The predicted octanol–water partition coefficient (Wildman–Crippen LogP) is 17.5.